The smallest absolute Gasteiger partial charge is 0.234 e. The second kappa shape index (κ2) is 10.4. The van der Waals surface area contributed by atoms with E-state index in [1.165, 1.54) is 17.3 Å². The number of aromatic nitrogens is 1. The number of rotatable bonds is 6. The number of hydrogen-bond acceptors (Lipinski definition) is 5. The zero-order valence-electron chi connectivity index (χ0n) is 17.1. The molecule has 0 fully saturated rings. The van der Waals surface area contributed by atoms with Crippen LogP contribution in [-0.4, -0.2) is 28.1 Å². The number of halogens is 2. The van der Waals surface area contributed by atoms with Gasteiger partial charge in [0, 0.05) is 36.8 Å². The monoisotopic (exact) mass is 482 g/mol. The lowest BCUT2D eigenvalue weighted by molar-refractivity contribution is -0.113. The molecule has 1 amide bonds. The van der Waals surface area contributed by atoms with Gasteiger partial charge in [0.25, 0.3) is 0 Å². The number of nitrogens with one attached hydrogen (secondary N) is 1. The van der Waals surface area contributed by atoms with Crippen molar-refractivity contribution in [2.45, 2.75) is 24.5 Å². The standard InChI is InChI=1S/C24H20Cl2N4OS/c25-19-6-7-22(20(26)11-19)28-23(31)15-32-24-17(12-27)10-18-14-30(9-8-21(18)29-24)13-16-4-2-1-3-5-16/h1-7,10-11H,8-9,13-15H2,(H,28,31). The van der Waals surface area contributed by atoms with Gasteiger partial charge in [-0.1, -0.05) is 65.3 Å². The lowest BCUT2D eigenvalue weighted by Gasteiger charge is -2.28. The molecule has 1 aliphatic heterocycles. The van der Waals surface area contributed by atoms with E-state index in [1.807, 2.05) is 24.3 Å². The second-order valence-electron chi connectivity index (χ2n) is 7.47. The second-order valence-corrected chi connectivity index (χ2v) is 9.27. The summed E-state index contributed by atoms with van der Waals surface area (Å²) in [7, 11) is 0. The maximum Gasteiger partial charge on any atom is 0.234 e. The molecule has 0 atom stereocenters. The van der Waals surface area contributed by atoms with Gasteiger partial charge in [-0.2, -0.15) is 5.26 Å². The van der Waals surface area contributed by atoms with Crippen molar-refractivity contribution in [3.05, 3.63) is 87.0 Å². The number of fused-ring (bicyclic) bond motifs is 1. The molecule has 0 radical (unpaired) electrons. The number of nitriles is 1. The molecule has 0 bridgehead atoms. The van der Waals surface area contributed by atoms with Gasteiger partial charge >= 0.3 is 0 Å². The van der Waals surface area contributed by atoms with Crippen LogP contribution >= 0.6 is 35.0 Å². The Labute approximate surface area is 201 Å². The van der Waals surface area contributed by atoms with Gasteiger partial charge in [0.15, 0.2) is 0 Å². The van der Waals surface area contributed by atoms with E-state index in [1.54, 1.807) is 18.2 Å². The number of carbonyl (C=O) groups excluding carboxylic acids is 1. The summed E-state index contributed by atoms with van der Waals surface area (Å²) in [6.07, 6.45) is 0.814. The summed E-state index contributed by atoms with van der Waals surface area (Å²) in [5.41, 5.74) is 4.33. The van der Waals surface area contributed by atoms with E-state index < -0.39 is 0 Å². The molecule has 3 aromatic rings. The third-order valence-electron chi connectivity index (χ3n) is 5.13. The van der Waals surface area contributed by atoms with Crippen LogP contribution in [0, 0.1) is 11.3 Å². The highest BCUT2D eigenvalue weighted by Crippen LogP contribution is 2.28. The van der Waals surface area contributed by atoms with Crippen molar-refractivity contribution in [1.82, 2.24) is 9.88 Å². The van der Waals surface area contributed by atoms with Gasteiger partial charge in [-0.3, -0.25) is 9.69 Å². The van der Waals surface area contributed by atoms with Crippen LogP contribution < -0.4 is 5.32 Å². The van der Waals surface area contributed by atoms with Gasteiger partial charge in [-0.25, -0.2) is 4.98 Å². The highest BCUT2D eigenvalue weighted by Gasteiger charge is 2.21. The predicted octanol–water partition coefficient (Wildman–Crippen LogP) is 5.55. The Bertz CT molecular complexity index is 1180. The average Bonchev–Trinajstić information content (AvgIpc) is 2.79. The first-order chi connectivity index (χ1) is 15.5. The quantitative estimate of drug-likeness (QED) is 0.466. The predicted molar refractivity (Wildman–Crippen MR) is 129 cm³/mol. The van der Waals surface area contributed by atoms with Crippen molar-refractivity contribution in [1.29, 1.82) is 5.26 Å². The summed E-state index contributed by atoms with van der Waals surface area (Å²) in [5.74, 6) is -0.101. The van der Waals surface area contributed by atoms with E-state index in [2.05, 4.69) is 28.4 Å². The first-order valence-electron chi connectivity index (χ1n) is 10.1. The molecule has 1 aliphatic rings. The number of hydrogen-bond donors (Lipinski definition) is 1. The summed E-state index contributed by atoms with van der Waals surface area (Å²) in [4.78, 5) is 19.5. The molecule has 0 saturated heterocycles. The highest BCUT2D eigenvalue weighted by molar-refractivity contribution is 8.00. The number of amides is 1. The number of pyridine rings is 1. The third kappa shape index (κ3) is 5.62. The molecule has 8 heteroatoms. The van der Waals surface area contributed by atoms with Gasteiger partial charge in [0.05, 0.1) is 22.0 Å². The molecule has 2 heterocycles. The Morgan fingerprint density at radius 3 is 2.75 bits per heavy atom. The van der Waals surface area contributed by atoms with Crippen molar-refractivity contribution < 1.29 is 4.79 Å². The number of benzene rings is 2. The van der Waals surface area contributed by atoms with E-state index >= 15 is 0 Å². The minimum atomic E-state index is -0.225. The molecule has 5 nitrogen and oxygen atoms in total. The summed E-state index contributed by atoms with van der Waals surface area (Å²) < 4.78 is 0. The fraction of sp³-hybridized carbons (Fsp3) is 0.208. The molecule has 0 aliphatic carbocycles. The molecular formula is C24H20Cl2N4OS. The zero-order chi connectivity index (χ0) is 22.5. The van der Waals surface area contributed by atoms with E-state index in [9.17, 15) is 10.1 Å². The molecule has 162 valence electrons. The topological polar surface area (TPSA) is 69.0 Å². The van der Waals surface area contributed by atoms with E-state index in [-0.39, 0.29) is 11.7 Å². The summed E-state index contributed by atoms with van der Waals surface area (Å²) >= 11 is 13.3. The van der Waals surface area contributed by atoms with Crippen LogP contribution in [0.1, 0.15) is 22.4 Å². The molecular weight excluding hydrogens is 463 g/mol. The van der Waals surface area contributed by atoms with Gasteiger partial charge in [-0.15, -0.1) is 0 Å². The largest absolute Gasteiger partial charge is 0.324 e. The van der Waals surface area contributed by atoms with E-state index in [0.717, 1.165) is 37.3 Å². The Balaban J connectivity index is 1.41. The molecule has 1 N–H and O–H groups in total. The zero-order valence-corrected chi connectivity index (χ0v) is 19.5. The lowest BCUT2D eigenvalue weighted by atomic mass is 10.0. The van der Waals surface area contributed by atoms with Crippen molar-refractivity contribution in [3.8, 4) is 6.07 Å². The van der Waals surface area contributed by atoms with Crippen molar-refractivity contribution in [3.63, 3.8) is 0 Å². The number of thioether (sulfide) groups is 1. The Kier molecular flexibility index (Phi) is 7.33. The minimum absolute atomic E-state index is 0.125. The molecule has 1 aromatic heterocycles. The normalized spacial score (nSPS) is 13.3. The van der Waals surface area contributed by atoms with Crippen molar-refractivity contribution in [2.24, 2.45) is 0 Å². The fourth-order valence-corrected chi connectivity index (χ4v) is 4.82. The van der Waals surface area contributed by atoms with Crippen molar-refractivity contribution in [2.75, 3.05) is 17.6 Å². The van der Waals surface area contributed by atoms with Crippen molar-refractivity contribution >= 4 is 46.6 Å². The molecule has 32 heavy (non-hydrogen) atoms. The minimum Gasteiger partial charge on any atom is -0.324 e. The van der Waals surface area contributed by atoms with Crippen LogP contribution in [0.2, 0.25) is 10.0 Å². The van der Waals surface area contributed by atoms with Gasteiger partial charge in [0.2, 0.25) is 5.91 Å². The molecule has 2 aromatic carbocycles. The Hall–Kier alpha value is -2.56. The average molecular weight is 483 g/mol. The molecule has 4 rings (SSSR count). The molecule has 0 saturated carbocycles. The lowest BCUT2D eigenvalue weighted by Crippen LogP contribution is -2.31. The summed E-state index contributed by atoms with van der Waals surface area (Å²) in [5, 5.41) is 13.9. The summed E-state index contributed by atoms with van der Waals surface area (Å²) in [6, 6.07) is 19.4. The molecule has 0 unspecified atom stereocenters. The van der Waals surface area contributed by atoms with Crippen LogP contribution in [0.25, 0.3) is 0 Å². The summed E-state index contributed by atoms with van der Waals surface area (Å²) in [6.45, 7) is 2.53. The van der Waals surface area contributed by atoms with Crippen LogP contribution in [0.3, 0.4) is 0 Å². The van der Waals surface area contributed by atoms with E-state index in [0.29, 0.717) is 26.3 Å². The number of carbonyl (C=O) groups is 1. The maximum atomic E-state index is 12.4. The number of anilines is 1. The van der Waals surface area contributed by atoms with E-state index in [4.69, 9.17) is 28.2 Å². The maximum absolute atomic E-state index is 12.4. The SMILES string of the molecule is N#Cc1cc2c(nc1SCC(=O)Nc1ccc(Cl)cc1Cl)CCN(Cc1ccccc1)C2. The first kappa shape index (κ1) is 22.6. The number of nitrogens with zero attached hydrogens (tertiary/aromatic N) is 3. The fourth-order valence-electron chi connectivity index (χ4n) is 3.59. The Morgan fingerprint density at radius 1 is 1.19 bits per heavy atom. The van der Waals surface area contributed by atoms with Crippen LogP contribution in [-0.2, 0) is 24.3 Å². The first-order valence-corrected chi connectivity index (χ1v) is 11.8. The van der Waals surface area contributed by atoms with Gasteiger partial charge < -0.3 is 5.32 Å². The third-order valence-corrected chi connectivity index (χ3v) is 6.67. The van der Waals surface area contributed by atoms with Gasteiger partial charge in [-0.05, 0) is 35.4 Å². The van der Waals surface area contributed by atoms with Crippen LogP contribution in [0.15, 0.2) is 59.6 Å². The Morgan fingerprint density at radius 2 is 2.00 bits per heavy atom. The van der Waals surface area contributed by atoms with Crippen LogP contribution in [0.5, 0.6) is 0 Å². The van der Waals surface area contributed by atoms with Gasteiger partial charge in [0.1, 0.15) is 11.1 Å². The van der Waals surface area contributed by atoms with Crippen LogP contribution in [0.4, 0.5) is 5.69 Å². The highest BCUT2D eigenvalue weighted by atomic mass is 35.5. The molecule has 0 spiro atoms.